The molecule has 11 heavy (non-hydrogen) atoms. The first kappa shape index (κ1) is 10.5. The Labute approximate surface area is 69.8 Å². The fraction of sp³-hybridized carbons (Fsp3) is 0.778. The molecule has 0 aliphatic carbocycles. The Kier molecular flexibility index (Phi) is 7.23. The van der Waals surface area contributed by atoms with Crippen molar-refractivity contribution < 1.29 is 0 Å². The lowest BCUT2D eigenvalue weighted by molar-refractivity contribution is 0.515. The topological polar surface area (TPSA) is 24.1 Å². The van der Waals surface area contributed by atoms with Gasteiger partial charge < -0.3 is 10.6 Å². The zero-order chi connectivity index (χ0) is 8.53. The van der Waals surface area contributed by atoms with Crippen LogP contribution in [0.25, 0.3) is 0 Å². The molecule has 0 saturated heterocycles. The highest BCUT2D eigenvalue weighted by molar-refractivity contribution is 4.86. The first-order valence-corrected chi connectivity index (χ1v) is 4.18. The molecule has 0 heterocycles. The maximum Gasteiger partial charge on any atom is 0.0574 e. The van der Waals surface area contributed by atoms with Crippen LogP contribution >= 0.6 is 0 Å². The van der Waals surface area contributed by atoms with Gasteiger partial charge in [-0.1, -0.05) is 12.8 Å². The van der Waals surface area contributed by atoms with Crippen LogP contribution < -0.4 is 10.6 Å². The van der Waals surface area contributed by atoms with E-state index in [-0.39, 0.29) is 0 Å². The summed E-state index contributed by atoms with van der Waals surface area (Å²) in [5.74, 6) is 2.54. The molecule has 0 aromatic carbocycles. The first-order valence-electron chi connectivity index (χ1n) is 4.18. The quantitative estimate of drug-likeness (QED) is 0.432. The van der Waals surface area contributed by atoms with Crippen LogP contribution in [0.4, 0.5) is 0 Å². The second kappa shape index (κ2) is 7.59. The summed E-state index contributed by atoms with van der Waals surface area (Å²) in [6.07, 6.45) is 6.26. The maximum absolute atomic E-state index is 5.08. The van der Waals surface area contributed by atoms with E-state index in [4.69, 9.17) is 6.42 Å². The van der Waals surface area contributed by atoms with E-state index in [9.17, 15) is 0 Å². The summed E-state index contributed by atoms with van der Waals surface area (Å²) >= 11 is 0. The van der Waals surface area contributed by atoms with Gasteiger partial charge >= 0.3 is 0 Å². The van der Waals surface area contributed by atoms with E-state index < -0.39 is 0 Å². The Morgan fingerprint density at radius 3 is 2.82 bits per heavy atom. The van der Waals surface area contributed by atoms with E-state index in [1.807, 2.05) is 0 Å². The molecule has 0 spiro atoms. The average molecular weight is 154 g/mol. The zero-order valence-corrected chi connectivity index (χ0v) is 7.48. The highest BCUT2D eigenvalue weighted by Gasteiger charge is 1.96. The minimum atomic E-state index is 0.517. The maximum atomic E-state index is 5.08. The van der Waals surface area contributed by atoms with Crippen LogP contribution in [0.1, 0.15) is 20.3 Å². The summed E-state index contributed by atoms with van der Waals surface area (Å²) in [5, 5.41) is 6.51. The molecule has 0 aromatic heterocycles. The third-order valence-corrected chi connectivity index (χ3v) is 1.42. The van der Waals surface area contributed by atoms with Crippen molar-refractivity contribution in [2.75, 3.05) is 19.6 Å². The highest BCUT2D eigenvalue weighted by Crippen LogP contribution is 1.79. The molecule has 0 radical (unpaired) electrons. The van der Waals surface area contributed by atoms with Crippen molar-refractivity contribution in [2.45, 2.75) is 26.3 Å². The average Bonchev–Trinajstić information content (AvgIpc) is 2.01. The van der Waals surface area contributed by atoms with Crippen molar-refractivity contribution in [1.29, 1.82) is 0 Å². The number of hydrogen-bond donors (Lipinski definition) is 2. The van der Waals surface area contributed by atoms with Gasteiger partial charge in [-0.2, -0.15) is 0 Å². The third-order valence-electron chi connectivity index (χ3n) is 1.42. The number of rotatable bonds is 6. The molecule has 0 aromatic rings. The normalized spacial score (nSPS) is 12.5. The molecule has 2 nitrogen and oxygen atoms in total. The predicted molar refractivity (Wildman–Crippen MR) is 49.5 cm³/mol. The molecular formula is C9H18N2. The lowest BCUT2D eigenvalue weighted by Gasteiger charge is -2.12. The van der Waals surface area contributed by atoms with Gasteiger partial charge in [0.25, 0.3) is 0 Å². The van der Waals surface area contributed by atoms with Gasteiger partial charge in [0.2, 0.25) is 0 Å². The van der Waals surface area contributed by atoms with Crippen LogP contribution in [0.15, 0.2) is 0 Å². The van der Waals surface area contributed by atoms with Crippen LogP contribution in [0.3, 0.4) is 0 Å². The van der Waals surface area contributed by atoms with Gasteiger partial charge in [0, 0.05) is 12.6 Å². The standard InChI is InChI=1S/C9H18N2/c1-4-6-10-8-9(3)11-7-5-2/h1,9-11H,5-8H2,2-3H3. The van der Waals surface area contributed by atoms with Crippen LogP contribution in [0, 0.1) is 12.3 Å². The van der Waals surface area contributed by atoms with E-state index in [1.54, 1.807) is 0 Å². The Balaban J connectivity index is 3.10. The summed E-state index contributed by atoms with van der Waals surface area (Å²) in [5.41, 5.74) is 0. The van der Waals surface area contributed by atoms with Crippen molar-refractivity contribution in [2.24, 2.45) is 0 Å². The van der Waals surface area contributed by atoms with E-state index in [2.05, 4.69) is 30.4 Å². The molecule has 64 valence electrons. The number of hydrogen-bond acceptors (Lipinski definition) is 2. The van der Waals surface area contributed by atoms with E-state index in [0.29, 0.717) is 12.6 Å². The van der Waals surface area contributed by atoms with Gasteiger partial charge in [-0.25, -0.2) is 0 Å². The molecule has 0 saturated carbocycles. The molecule has 0 amide bonds. The second-order valence-corrected chi connectivity index (χ2v) is 2.69. The molecule has 1 unspecified atom stereocenters. The van der Waals surface area contributed by atoms with Crippen LogP contribution in [-0.2, 0) is 0 Å². The van der Waals surface area contributed by atoms with Gasteiger partial charge in [-0.15, -0.1) is 6.42 Å². The minimum absolute atomic E-state index is 0.517. The molecule has 0 rings (SSSR count). The Morgan fingerprint density at radius 1 is 1.55 bits per heavy atom. The molecule has 0 bridgehead atoms. The largest absolute Gasteiger partial charge is 0.313 e. The summed E-state index contributed by atoms with van der Waals surface area (Å²) in [6, 6.07) is 0.517. The van der Waals surface area contributed by atoms with Crippen molar-refractivity contribution in [3.63, 3.8) is 0 Å². The van der Waals surface area contributed by atoms with Crippen LogP contribution in [0.5, 0.6) is 0 Å². The summed E-state index contributed by atoms with van der Waals surface area (Å²) in [6.45, 7) is 7.01. The van der Waals surface area contributed by atoms with Gasteiger partial charge in [0.15, 0.2) is 0 Å². The SMILES string of the molecule is C#CCNCC(C)NCCC. The van der Waals surface area contributed by atoms with Crippen molar-refractivity contribution in [3.05, 3.63) is 0 Å². The van der Waals surface area contributed by atoms with E-state index in [1.165, 1.54) is 6.42 Å². The van der Waals surface area contributed by atoms with Crippen LogP contribution in [-0.4, -0.2) is 25.7 Å². The smallest absolute Gasteiger partial charge is 0.0574 e. The highest BCUT2D eigenvalue weighted by atomic mass is 15.0. The number of terminal acetylenes is 1. The Hall–Kier alpha value is -0.520. The first-order chi connectivity index (χ1) is 5.31. The third kappa shape index (κ3) is 7.38. The predicted octanol–water partition coefficient (Wildman–Crippen LogP) is 0.597. The van der Waals surface area contributed by atoms with E-state index >= 15 is 0 Å². The molecule has 0 fully saturated rings. The van der Waals surface area contributed by atoms with Gasteiger partial charge in [0.05, 0.1) is 6.54 Å². The lowest BCUT2D eigenvalue weighted by Crippen LogP contribution is -2.36. The summed E-state index contributed by atoms with van der Waals surface area (Å²) in [4.78, 5) is 0. The molecule has 0 aliphatic rings. The van der Waals surface area contributed by atoms with E-state index in [0.717, 1.165) is 13.1 Å². The van der Waals surface area contributed by atoms with Crippen molar-refractivity contribution >= 4 is 0 Å². The summed E-state index contributed by atoms with van der Waals surface area (Å²) in [7, 11) is 0. The monoisotopic (exact) mass is 154 g/mol. The zero-order valence-electron chi connectivity index (χ0n) is 7.48. The van der Waals surface area contributed by atoms with Gasteiger partial charge in [-0.3, -0.25) is 0 Å². The second-order valence-electron chi connectivity index (χ2n) is 2.69. The van der Waals surface area contributed by atoms with Crippen molar-refractivity contribution in [3.8, 4) is 12.3 Å². The molecule has 1 atom stereocenters. The molecular weight excluding hydrogens is 136 g/mol. The molecule has 2 heteroatoms. The molecule has 0 aliphatic heterocycles. The fourth-order valence-electron chi connectivity index (χ4n) is 0.824. The molecule has 2 N–H and O–H groups in total. The van der Waals surface area contributed by atoms with Crippen LogP contribution in [0.2, 0.25) is 0 Å². The Morgan fingerprint density at radius 2 is 2.27 bits per heavy atom. The summed E-state index contributed by atoms with van der Waals surface area (Å²) < 4.78 is 0. The fourth-order valence-corrected chi connectivity index (χ4v) is 0.824. The van der Waals surface area contributed by atoms with Gasteiger partial charge in [-0.05, 0) is 19.9 Å². The minimum Gasteiger partial charge on any atom is -0.313 e. The lowest BCUT2D eigenvalue weighted by atomic mass is 10.3. The number of nitrogens with one attached hydrogen (secondary N) is 2. The Bertz CT molecular complexity index is 115. The van der Waals surface area contributed by atoms with Gasteiger partial charge in [0.1, 0.15) is 0 Å². The van der Waals surface area contributed by atoms with Crippen molar-refractivity contribution in [1.82, 2.24) is 10.6 Å².